The van der Waals surface area contributed by atoms with E-state index in [0.717, 1.165) is 37.8 Å². The first kappa shape index (κ1) is 21.9. The summed E-state index contributed by atoms with van der Waals surface area (Å²) in [6.07, 6.45) is 3.72. The van der Waals surface area contributed by atoms with Gasteiger partial charge in [0.1, 0.15) is 5.56 Å². The van der Waals surface area contributed by atoms with E-state index >= 15 is 0 Å². The Labute approximate surface area is 166 Å². The van der Waals surface area contributed by atoms with E-state index in [0.29, 0.717) is 0 Å². The van der Waals surface area contributed by atoms with Gasteiger partial charge in [0.2, 0.25) is 0 Å². The Balaban J connectivity index is 2.00. The van der Waals surface area contributed by atoms with Gasteiger partial charge in [-0.05, 0) is 19.8 Å². The summed E-state index contributed by atoms with van der Waals surface area (Å²) in [5.74, 6) is -1.76. The molecular weight excluding hydrogens is 386 g/mol. The number of hydrogen-bond acceptors (Lipinski definition) is 8. The Hall–Kier alpha value is -3.37. The van der Waals surface area contributed by atoms with Crippen molar-refractivity contribution < 1.29 is 33.5 Å². The number of esters is 1. The van der Waals surface area contributed by atoms with Crippen LogP contribution in [0.1, 0.15) is 43.0 Å². The third-order valence-corrected chi connectivity index (χ3v) is 4.28. The number of carbonyl (C=O) groups is 3. The third kappa shape index (κ3) is 6.06. The molecule has 1 saturated carbocycles. The highest BCUT2D eigenvalue weighted by molar-refractivity contribution is 5.98. The minimum Gasteiger partial charge on any atom is -0.493 e. The summed E-state index contributed by atoms with van der Waals surface area (Å²) in [4.78, 5) is 46.4. The maximum atomic E-state index is 12.3. The highest BCUT2D eigenvalue weighted by Crippen LogP contribution is 2.35. The maximum absolute atomic E-state index is 12.3. The monoisotopic (exact) mass is 409 g/mol. The molecule has 1 aromatic carbocycles. The van der Waals surface area contributed by atoms with E-state index in [1.807, 2.05) is 0 Å². The maximum Gasteiger partial charge on any atom is 0.345 e. The number of carbonyl (C=O) groups excluding carboxylic acids is 3. The Morgan fingerprint density at radius 3 is 2.48 bits per heavy atom. The fourth-order valence-electron chi connectivity index (χ4n) is 2.95. The Bertz CT molecular complexity index is 790. The lowest BCUT2D eigenvalue weighted by molar-refractivity contribution is -0.385. The van der Waals surface area contributed by atoms with Crippen LogP contribution >= 0.6 is 0 Å². The van der Waals surface area contributed by atoms with Gasteiger partial charge in [0.05, 0.1) is 24.7 Å². The van der Waals surface area contributed by atoms with Crippen molar-refractivity contribution in [3.05, 3.63) is 27.8 Å². The van der Waals surface area contributed by atoms with Crippen LogP contribution in [0, 0.1) is 10.1 Å². The molecule has 2 rings (SSSR count). The summed E-state index contributed by atoms with van der Waals surface area (Å²) in [5, 5.41) is 16.0. The van der Waals surface area contributed by atoms with Crippen LogP contribution in [-0.2, 0) is 9.53 Å². The van der Waals surface area contributed by atoms with E-state index in [1.54, 1.807) is 6.92 Å². The zero-order chi connectivity index (χ0) is 21.4. The highest BCUT2D eigenvalue weighted by atomic mass is 16.6. The number of methoxy groups -OCH3 is 1. The van der Waals surface area contributed by atoms with Crippen molar-refractivity contribution in [2.24, 2.45) is 0 Å². The van der Waals surface area contributed by atoms with Crippen molar-refractivity contribution in [3.63, 3.8) is 0 Å². The van der Waals surface area contributed by atoms with Gasteiger partial charge in [0, 0.05) is 12.1 Å². The van der Waals surface area contributed by atoms with Gasteiger partial charge in [-0.1, -0.05) is 12.8 Å². The van der Waals surface area contributed by atoms with Gasteiger partial charge < -0.3 is 19.5 Å². The molecule has 0 unspecified atom stereocenters. The lowest BCUT2D eigenvalue weighted by Gasteiger charge is -2.13. The summed E-state index contributed by atoms with van der Waals surface area (Å²) < 4.78 is 15.2. The molecule has 0 aliphatic heterocycles. The van der Waals surface area contributed by atoms with Crippen LogP contribution in [-0.4, -0.2) is 49.2 Å². The molecule has 0 radical (unpaired) electrons. The van der Waals surface area contributed by atoms with Gasteiger partial charge in [-0.2, -0.15) is 0 Å². The van der Waals surface area contributed by atoms with Crippen LogP contribution < -0.4 is 20.1 Å². The average Bonchev–Trinajstić information content (AvgIpc) is 3.18. The van der Waals surface area contributed by atoms with Gasteiger partial charge in [-0.15, -0.1) is 0 Å². The second kappa shape index (κ2) is 10.2. The van der Waals surface area contributed by atoms with Crippen molar-refractivity contribution in [2.75, 3.05) is 20.3 Å². The normalized spacial score (nSPS) is 13.4. The number of nitrogens with zero attached hydrogens (tertiary/aromatic N) is 1. The van der Waals surface area contributed by atoms with Crippen molar-refractivity contribution in [1.82, 2.24) is 10.6 Å². The number of nitro benzene ring substituents is 1. The molecule has 0 bridgehead atoms. The molecule has 1 aliphatic carbocycles. The van der Waals surface area contributed by atoms with Crippen LogP contribution in [0.2, 0.25) is 0 Å². The first-order valence-electron chi connectivity index (χ1n) is 9.12. The Kier molecular flexibility index (Phi) is 7.75. The summed E-state index contributed by atoms with van der Waals surface area (Å²) in [5.41, 5.74) is -0.961. The minimum atomic E-state index is -1.11. The fourth-order valence-corrected chi connectivity index (χ4v) is 2.95. The van der Waals surface area contributed by atoms with Gasteiger partial charge in [0.25, 0.3) is 11.6 Å². The molecule has 29 heavy (non-hydrogen) atoms. The molecular formula is C18H23N3O8. The van der Waals surface area contributed by atoms with Crippen LogP contribution in [0.25, 0.3) is 0 Å². The van der Waals surface area contributed by atoms with E-state index in [1.165, 1.54) is 7.11 Å². The zero-order valence-corrected chi connectivity index (χ0v) is 16.2. The number of rotatable bonds is 8. The largest absolute Gasteiger partial charge is 0.493 e. The van der Waals surface area contributed by atoms with E-state index in [-0.39, 0.29) is 24.1 Å². The van der Waals surface area contributed by atoms with E-state index in [2.05, 4.69) is 10.6 Å². The molecule has 1 aliphatic rings. The number of benzene rings is 1. The van der Waals surface area contributed by atoms with Crippen LogP contribution in [0.15, 0.2) is 12.1 Å². The van der Waals surface area contributed by atoms with Crippen molar-refractivity contribution in [2.45, 2.75) is 38.6 Å². The average molecular weight is 409 g/mol. The highest BCUT2D eigenvalue weighted by Gasteiger charge is 2.26. The molecule has 0 saturated heterocycles. The van der Waals surface area contributed by atoms with Crippen molar-refractivity contribution >= 4 is 23.6 Å². The summed E-state index contributed by atoms with van der Waals surface area (Å²) >= 11 is 0. The molecule has 0 spiro atoms. The Morgan fingerprint density at radius 2 is 1.90 bits per heavy atom. The summed E-state index contributed by atoms with van der Waals surface area (Å²) in [6.45, 7) is 1.15. The number of ether oxygens (including phenoxy) is 3. The first-order chi connectivity index (χ1) is 13.8. The molecule has 0 aromatic heterocycles. The molecule has 1 aromatic rings. The van der Waals surface area contributed by atoms with Gasteiger partial charge in [-0.25, -0.2) is 9.59 Å². The summed E-state index contributed by atoms with van der Waals surface area (Å²) in [7, 11) is 1.31. The van der Waals surface area contributed by atoms with Crippen molar-refractivity contribution in [1.29, 1.82) is 0 Å². The van der Waals surface area contributed by atoms with Crippen LogP contribution in [0.3, 0.4) is 0 Å². The number of nitro groups is 1. The molecule has 158 valence electrons. The molecule has 3 amide bonds. The zero-order valence-electron chi connectivity index (χ0n) is 16.2. The number of hydrogen-bond donors (Lipinski definition) is 2. The second-order valence-corrected chi connectivity index (χ2v) is 6.29. The SMILES string of the molecule is CCOc1cc([N+](=O)[O-])c(C(=O)OCC(=O)NC(=O)NC2CCCC2)cc1OC. The minimum absolute atomic E-state index is 0.0179. The predicted octanol–water partition coefficient (Wildman–Crippen LogP) is 1.93. The van der Waals surface area contributed by atoms with E-state index < -0.39 is 40.7 Å². The lowest BCUT2D eigenvalue weighted by atomic mass is 10.1. The number of urea groups is 1. The van der Waals surface area contributed by atoms with Gasteiger partial charge >= 0.3 is 12.0 Å². The standard InChI is InChI=1S/C18H23N3O8/c1-3-28-15-9-13(21(25)26)12(8-14(15)27-2)17(23)29-10-16(22)20-18(24)19-11-6-4-5-7-11/h8-9,11H,3-7,10H2,1-2H3,(H2,19,20,22,24). The number of imide groups is 1. The lowest BCUT2D eigenvalue weighted by Crippen LogP contribution is -2.45. The van der Waals surface area contributed by atoms with E-state index in [4.69, 9.17) is 14.2 Å². The molecule has 11 heteroatoms. The van der Waals surface area contributed by atoms with Gasteiger partial charge in [0.15, 0.2) is 18.1 Å². The predicted molar refractivity (Wildman–Crippen MR) is 100 cm³/mol. The van der Waals surface area contributed by atoms with Gasteiger partial charge in [-0.3, -0.25) is 20.2 Å². The second-order valence-electron chi connectivity index (χ2n) is 6.29. The topological polar surface area (TPSA) is 146 Å². The molecule has 11 nitrogen and oxygen atoms in total. The smallest absolute Gasteiger partial charge is 0.345 e. The summed E-state index contributed by atoms with van der Waals surface area (Å²) in [6, 6.07) is 1.50. The van der Waals surface area contributed by atoms with E-state index in [9.17, 15) is 24.5 Å². The quantitative estimate of drug-likeness (QED) is 0.376. The van der Waals surface area contributed by atoms with Crippen molar-refractivity contribution in [3.8, 4) is 11.5 Å². The van der Waals surface area contributed by atoms with Crippen LogP contribution in [0.5, 0.6) is 11.5 Å². The molecule has 0 atom stereocenters. The first-order valence-corrected chi connectivity index (χ1v) is 9.12. The van der Waals surface area contributed by atoms with Crippen LogP contribution in [0.4, 0.5) is 10.5 Å². The number of nitrogens with one attached hydrogen (secondary N) is 2. The fraction of sp³-hybridized carbons (Fsp3) is 0.500. The number of amides is 3. The molecule has 2 N–H and O–H groups in total. The Morgan fingerprint density at radius 1 is 1.21 bits per heavy atom. The third-order valence-electron chi connectivity index (χ3n) is 4.28. The molecule has 1 fully saturated rings. The molecule has 0 heterocycles.